The molecule has 0 fully saturated rings. The number of methoxy groups -OCH3 is 3. The van der Waals surface area contributed by atoms with Crippen molar-refractivity contribution in [3.63, 3.8) is 0 Å². The van der Waals surface area contributed by atoms with Crippen molar-refractivity contribution in [2.24, 2.45) is 4.99 Å². The predicted octanol–water partition coefficient (Wildman–Crippen LogP) is 4.91. The monoisotopic (exact) mass is 688 g/mol. The summed E-state index contributed by atoms with van der Waals surface area (Å²) >= 11 is 0. The smallest absolute Gasteiger partial charge is 0.252 e. The number of ether oxygens (including phenoxy) is 5. The minimum atomic E-state index is -3.80. The molecule has 12 heteroatoms. The Morgan fingerprint density at radius 2 is 1.53 bits per heavy atom. The van der Waals surface area contributed by atoms with Crippen molar-refractivity contribution in [1.29, 1.82) is 0 Å². The number of amides is 1. The molecule has 49 heavy (non-hydrogen) atoms. The van der Waals surface area contributed by atoms with E-state index in [9.17, 15) is 13.2 Å². The van der Waals surface area contributed by atoms with Crippen molar-refractivity contribution in [3.8, 4) is 23.0 Å². The molecular formula is C37H40N2O9S. The second-order valence-electron chi connectivity index (χ2n) is 11.3. The molecule has 0 bridgehead atoms. The van der Waals surface area contributed by atoms with E-state index >= 15 is 0 Å². The largest absolute Gasteiger partial charge is 0.494 e. The van der Waals surface area contributed by atoms with Gasteiger partial charge in [0.2, 0.25) is 11.6 Å². The van der Waals surface area contributed by atoms with E-state index in [1.54, 1.807) is 54.6 Å². The van der Waals surface area contributed by atoms with Crippen LogP contribution in [0.4, 0.5) is 0 Å². The van der Waals surface area contributed by atoms with Crippen LogP contribution in [0.5, 0.6) is 23.0 Å². The van der Waals surface area contributed by atoms with E-state index < -0.39 is 27.4 Å². The van der Waals surface area contributed by atoms with E-state index in [-0.39, 0.29) is 36.1 Å². The van der Waals surface area contributed by atoms with Gasteiger partial charge in [0, 0.05) is 31.6 Å². The van der Waals surface area contributed by atoms with Crippen molar-refractivity contribution < 1.29 is 42.0 Å². The van der Waals surface area contributed by atoms with Crippen molar-refractivity contribution in [2.45, 2.75) is 35.9 Å². The van der Waals surface area contributed by atoms with E-state index in [1.165, 1.54) is 33.5 Å². The Balaban J connectivity index is 1.54. The molecule has 0 radical (unpaired) electrons. The number of nitrogens with zero attached hydrogens (tertiary/aromatic N) is 1. The summed E-state index contributed by atoms with van der Waals surface area (Å²) in [6, 6.07) is 27.8. The summed E-state index contributed by atoms with van der Waals surface area (Å²) in [5.74, 6) is 1.16. The lowest BCUT2D eigenvalue weighted by Gasteiger charge is -2.30. The first-order valence-corrected chi connectivity index (χ1v) is 17.4. The van der Waals surface area contributed by atoms with Gasteiger partial charge in [0.15, 0.2) is 33.0 Å². The molecule has 1 amide bonds. The van der Waals surface area contributed by atoms with Crippen LogP contribution in [0.25, 0.3) is 0 Å². The molecule has 4 aromatic rings. The first-order chi connectivity index (χ1) is 23.7. The normalized spacial score (nSPS) is 17.1. The molecule has 11 nitrogen and oxygen atoms in total. The Labute approximate surface area is 286 Å². The lowest BCUT2D eigenvalue weighted by atomic mass is 9.85. The fourth-order valence-corrected chi connectivity index (χ4v) is 6.99. The van der Waals surface area contributed by atoms with Gasteiger partial charge in [-0.25, -0.2) is 13.4 Å². The van der Waals surface area contributed by atoms with Crippen molar-refractivity contribution in [1.82, 2.24) is 5.32 Å². The molecule has 1 aliphatic heterocycles. The number of nitrogens with one attached hydrogen (secondary N) is 1. The molecule has 1 heterocycles. The Morgan fingerprint density at radius 1 is 0.898 bits per heavy atom. The Bertz CT molecular complexity index is 1830. The molecule has 0 spiro atoms. The van der Waals surface area contributed by atoms with Gasteiger partial charge >= 0.3 is 0 Å². The van der Waals surface area contributed by atoms with Gasteiger partial charge in [-0.3, -0.25) is 4.79 Å². The summed E-state index contributed by atoms with van der Waals surface area (Å²) in [6.07, 6.45) is -0.623. The second kappa shape index (κ2) is 15.9. The topological polar surface area (TPSA) is 142 Å². The number of aliphatic hydroxyl groups is 1. The average molecular weight is 689 g/mol. The third kappa shape index (κ3) is 7.98. The van der Waals surface area contributed by atoms with Gasteiger partial charge in [-0.1, -0.05) is 48.5 Å². The van der Waals surface area contributed by atoms with Crippen molar-refractivity contribution in [2.75, 3.05) is 40.3 Å². The number of hydrogen-bond acceptors (Lipinski definition) is 10. The van der Waals surface area contributed by atoms with Crippen LogP contribution in [0.1, 0.15) is 35.6 Å². The average Bonchev–Trinajstić information content (AvgIpc) is 3.54. The predicted molar refractivity (Wildman–Crippen MR) is 184 cm³/mol. The van der Waals surface area contributed by atoms with Crippen LogP contribution in [-0.4, -0.2) is 71.2 Å². The molecule has 0 saturated heterocycles. The first kappa shape index (κ1) is 35.2. The summed E-state index contributed by atoms with van der Waals surface area (Å²) in [5, 5.41) is 12.1. The maximum absolute atomic E-state index is 14.6. The minimum absolute atomic E-state index is 0.0211. The highest BCUT2D eigenvalue weighted by molar-refractivity contribution is 7.91. The zero-order valence-corrected chi connectivity index (χ0v) is 28.4. The maximum Gasteiger partial charge on any atom is 0.252 e. The lowest BCUT2D eigenvalue weighted by molar-refractivity contribution is -0.129. The third-order valence-corrected chi connectivity index (χ3v) is 9.90. The minimum Gasteiger partial charge on any atom is -0.494 e. The molecule has 2 N–H and O–H groups in total. The molecule has 4 aromatic carbocycles. The van der Waals surface area contributed by atoms with Crippen molar-refractivity contribution in [3.05, 3.63) is 114 Å². The van der Waals surface area contributed by atoms with Gasteiger partial charge in [-0.2, -0.15) is 0 Å². The molecule has 0 aliphatic carbocycles. The van der Waals surface area contributed by atoms with Crippen LogP contribution in [0, 0.1) is 0 Å². The van der Waals surface area contributed by atoms with E-state index in [0.29, 0.717) is 52.7 Å². The van der Waals surface area contributed by atoms with Gasteiger partial charge in [0.25, 0.3) is 5.91 Å². The van der Waals surface area contributed by atoms with Crippen LogP contribution in [0.3, 0.4) is 0 Å². The zero-order chi connectivity index (χ0) is 34.9. The van der Waals surface area contributed by atoms with Crippen LogP contribution in [0.2, 0.25) is 0 Å². The first-order valence-electron chi connectivity index (χ1n) is 15.7. The van der Waals surface area contributed by atoms with Gasteiger partial charge in [0.1, 0.15) is 5.75 Å². The number of sulfone groups is 1. The maximum atomic E-state index is 14.6. The molecule has 5 rings (SSSR count). The quantitative estimate of drug-likeness (QED) is 0.157. The van der Waals surface area contributed by atoms with E-state index in [4.69, 9.17) is 33.8 Å². The fourth-order valence-electron chi connectivity index (χ4n) is 5.61. The highest BCUT2D eigenvalue weighted by Crippen LogP contribution is 2.43. The number of carbonyl (C=O) groups is 1. The van der Waals surface area contributed by atoms with Crippen molar-refractivity contribution >= 4 is 21.6 Å². The van der Waals surface area contributed by atoms with E-state index in [0.717, 1.165) is 0 Å². The molecule has 1 aliphatic rings. The Morgan fingerprint density at radius 3 is 2.12 bits per heavy atom. The van der Waals surface area contributed by atoms with Crippen LogP contribution < -0.4 is 24.3 Å². The lowest BCUT2D eigenvalue weighted by Crippen LogP contribution is -2.49. The van der Waals surface area contributed by atoms with Gasteiger partial charge in [-0.15, -0.1) is 0 Å². The Kier molecular flexibility index (Phi) is 11.4. The third-order valence-electron chi connectivity index (χ3n) is 8.16. The highest BCUT2D eigenvalue weighted by Gasteiger charge is 2.53. The number of rotatable bonds is 16. The molecule has 258 valence electrons. The SMILES string of the molecule is COc1cc(CNC(=O)[C@]2(CCS(=O)(=O)c3ccccc3)N=C(c3ccc(OCCCO)cc3)O[C@@H]2c2ccccc2)cc(OC)c1OC. The summed E-state index contributed by atoms with van der Waals surface area (Å²) < 4.78 is 55.8. The Hall–Kier alpha value is -5.07. The summed E-state index contributed by atoms with van der Waals surface area (Å²) in [7, 11) is 0.716. The molecule has 2 atom stereocenters. The fraction of sp³-hybridized carbons (Fsp3) is 0.297. The summed E-state index contributed by atoms with van der Waals surface area (Å²) in [6.45, 7) is 0.427. The number of hydrogen-bond donors (Lipinski definition) is 2. The summed E-state index contributed by atoms with van der Waals surface area (Å²) in [4.78, 5) is 19.7. The number of aliphatic imine (C=N–C) groups is 1. The van der Waals surface area contributed by atoms with Crippen LogP contribution in [-0.2, 0) is 25.9 Å². The number of carbonyl (C=O) groups excluding carboxylic acids is 1. The summed E-state index contributed by atoms with van der Waals surface area (Å²) in [5.41, 5.74) is 0.229. The molecule has 0 saturated carbocycles. The molecule has 0 unspecified atom stereocenters. The number of benzene rings is 4. The molecule has 0 aromatic heterocycles. The standard InChI is InChI=1S/C37H40N2O9S/c1-44-31-23-26(24-32(45-2)33(31)46-3)25-38-36(41)37(19-22-49(42,43)30-13-8-5-9-14-30)34(27-11-6-4-7-12-27)48-35(39-37)28-15-17-29(18-16-28)47-21-10-20-40/h4-9,11-18,23-24,34,40H,10,19-22,25H2,1-3H3,(H,38,41)/t34-,37-/m1/s1. The van der Waals surface area contributed by atoms with Gasteiger partial charge in [0.05, 0.1) is 38.6 Å². The molecular weight excluding hydrogens is 648 g/mol. The van der Waals surface area contributed by atoms with E-state index in [2.05, 4.69) is 5.32 Å². The number of aliphatic hydroxyl groups excluding tert-OH is 1. The zero-order valence-electron chi connectivity index (χ0n) is 27.6. The van der Waals surface area contributed by atoms with Crippen LogP contribution in [0.15, 0.2) is 107 Å². The second-order valence-corrected chi connectivity index (χ2v) is 13.4. The highest BCUT2D eigenvalue weighted by atomic mass is 32.2. The van der Waals surface area contributed by atoms with Gasteiger partial charge < -0.3 is 34.1 Å². The van der Waals surface area contributed by atoms with Crippen LogP contribution >= 0.6 is 0 Å². The van der Waals surface area contributed by atoms with E-state index in [1.807, 2.05) is 30.3 Å². The van der Waals surface area contributed by atoms with Gasteiger partial charge in [-0.05, 0) is 59.7 Å².